The summed E-state index contributed by atoms with van der Waals surface area (Å²) in [6.45, 7) is 6.10. The Kier molecular flexibility index (Phi) is 4.43. The van der Waals surface area contributed by atoms with E-state index in [9.17, 15) is 9.90 Å². The number of aromatic nitrogens is 1. The summed E-state index contributed by atoms with van der Waals surface area (Å²) in [7, 11) is 2.10. The molecule has 2 aliphatic heterocycles. The molecule has 0 saturated carbocycles. The van der Waals surface area contributed by atoms with Crippen molar-refractivity contribution in [3.05, 3.63) is 17.8 Å². The predicted molar refractivity (Wildman–Crippen MR) is 90.7 cm³/mol. The summed E-state index contributed by atoms with van der Waals surface area (Å²) >= 11 is 0. The van der Waals surface area contributed by atoms with Gasteiger partial charge in [-0.15, -0.1) is 0 Å². The van der Waals surface area contributed by atoms with Crippen molar-refractivity contribution in [3.8, 4) is 0 Å². The van der Waals surface area contributed by atoms with Crippen LogP contribution in [-0.2, 0) is 11.2 Å². The Balaban J connectivity index is 1.82. The first-order valence-electron chi connectivity index (χ1n) is 8.40. The fourth-order valence-electron chi connectivity index (χ4n) is 3.71. The molecule has 1 fully saturated rings. The minimum absolute atomic E-state index is 0.170. The number of piperidine rings is 1. The molecule has 0 spiro atoms. The molecule has 1 aromatic rings. The second kappa shape index (κ2) is 6.35. The molecular formula is C17H26N4O2. The maximum absolute atomic E-state index is 12.1. The van der Waals surface area contributed by atoms with Crippen molar-refractivity contribution in [3.63, 3.8) is 0 Å². The number of nitrogens with zero attached hydrogens (tertiary/aromatic N) is 3. The van der Waals surface area contributed by atoms with Gasteiger partial charge in [-0.05, 0) is 31.7 Å². The highest BCUT2D eigenvalue weighted by molar-refractivity contribution is 5.80. The molecule has 0 bridgehead atoms. The lowest BCUT2D eigenvalue weighted by Crippen LogP contribution is -2.54. The molecule has 6 nitrogen and oxygen atoms in total. The van der Waals surface area contributed by atoms with Crippen molar-refractivity contribution < 1.29 is 9.90 Å². The number of fused-ring (bicyclic) bond motifs is 1. The van der Waals surface area contributed by atoms with Crippen LogP contribution in [0.1, 0.15) is 25.8 Å². The van der Waals surface area contributed by atoms with E-state index in [1.807, 2.05) is 6.20 Å². The standard InChI is InChI=1S/C17H26N4O2/c1-11-6-9-21(17(23)12(2)22)10-15(11)20(3)14-5-8-19-16-13(14)4-7-18-16/h5,8,11-12,15,22H,4,6-7,9-10H2,1-3H3,(H,18,19)/t11-,12+,15?/m1/s1. The number of amides is 1. The summed E-state index contributed by atoms with van der Waals surface area (Å²) < 4.78 is 0. The van der Waals surface area contributed by atoms with E-state index in [4.69, 9.17) is 0 Å². The number of aliphatic hydroxyl groups excluding tert-OH is 1. The second-order valence-electron chi connectivity index (χ2n) is 6.74. The third-order valence-electron chi connectivity index (χ3n) is 5.16. The Labute approximate surface area is 137 Å². The molecule has 1 aromatic heterocycles. The minimum atomic E-state index is -0.927. The first kappa shape index (κ1) is 16.1. The molecule has 0 radical (unpaired) electrons. The van der Waals surface area contributed by atoms with Gasteiger partial charge in [-0.1, -0.05) is 6.92 Å². The summed E-state index contributed by atoms with van der Waals surface area (Å²) in [5, 5.41) is 12.9. The number of carbonyl (C=O) groups excluding carboxylic acids is 1. The van der Waals surface area contributed by atoms with Crippen molar-refractivity contribution in [2.45, 2.75) is 38.8 Å². The fraction of sp³-hybridized carbons (Fsp3) is 0.647. The third kappa shape index (κ3) is 3.00. The molecular weight excluding hydrogens is 292 g/mol. The van der Waals surface area contributed by atoms with Crippen LogP contribution in [0.5, 0.6) is 0 Å². The number of likely N-dealkylation sites (N-methyl/N-ethyl adjacent to an activating group) is 1. The molecule has 0 aliphatic carbocycles. The molecule has 3 heterocycles. The molecule has 0 aromatic carbocycles. The molecule has 2 aliphatic rings. The van der Waals surface area contributed by atoms with Crippen molar-refractivity contribution >= 4 is 17.4 Å². The van der Waals surface area contributed by atoms with Crippen LogP contribution in [0.4, 0.5) is 11.5 Å². The lowest BCUT2D eigenvalue weighted by molar-refractivity contribution is -0.141. The van der Waals surface area contributed by atoms with Crippen LogP contribution in [0.25, 0.3) is 0 Å². The number of nitrogens with one attached hydrogen (secondary N) is 1. The van der Waals surface area contributed by atoms with Gasteiger partial charge in [0.15, 0.2) is 0 Å². The third-order valence-corrected chi connectivity index (χ3v) is 5.16. The average Bonchev–Trinajstić information content (AvgIpc) is 3.02. The van der Waals surface area contributed by atoms with Crippen LogP contribution in [-0.4, -0.2) is 59.7 Å². The summed E-state index contributed by atoms with van der Waals surface area (Å²) in [6.07, 6.45) is 2.86. The van der Waals surface area contributed by atoms with Gasteiger partial charge in [0.25, 0.3) is 5.91 Å². The number of rotatable bonds is 3. The zero-order chi connectivity index (χ0) is 16.6. The van der Waals surface area contributed by atoms with Crippen molar-refractivity contribution in [1.82, 2.24) is 9.88 Å². The van der Waals surface area contributed by atoms with Gasteiger partial charge in [-0.2, -0.15) is 0 Å². The average molecular weight is 318 g/mol. The van der Waals surface area contributed by atoms with E-state index in [1.54, 1.807) is 11.8 Å². The van der Waals surface area contributed by atoms with Crippen LogP contribution < -0.4 is 10.2 Å². The number of pyridine rings is 1. The Morgan fingerprint density at radius 2 is 2.35 bits per heavy atom. The zero-order valence-electron chi connectivity index (χ0n) is 14.1. The first-order valence-corrected chi connectivity index (χ1v) is 8.40. The van der Waals surface area contributed by atoms with Crippen LogP contribution in [0.3, 0.4) is 0 Å². The molecule has 3 rings (SSSR count). The van der Waals surface area contributed by atoms with Gasteiger partial charge in [-0.3, -0.25) is 4.79 Å². The zero-order valence-corrected chi connectivity index (χ0v) is 14.1. The highest BCUT2D eigenvalue weighted by Crippen LogP contribution is 2.33. The van der Waals surface area contributed by atoms with E-state index in [2.05, 4.69) is 35.2 Å². The Morgan fingerprint density at radius 3 is 3.09 bits per heavy atom. The number of anilines is 2. The normalized spacial score (nSPS) is 24.8. The molecule has 3 atom stereocenters. The molecule has 6 heteroatoms. The molecule has 126 valence electrons. The summed E-state index contributed by atoms with van der Waals surface area (Å²) in [4.78, 5) is 20.6. The van der Waals surface area contributed by atoms with Gasteiger partial charge in [-0.25, -0.2) is 4.98 Å². The Morgan fingerprint density at radius 1 is 1.57 bits per heavy atom. The van der Waals surface area contributed by atoms with Gasteiger partial charge < -0.3 is 20.2 Å². The van der Waals surface area contributed by atoms with Crippen molar-refractivity contribution in [2.75, 3.05) is 36.9 Å². The molecule has 1 saturated heterocycles. The van der Waals surface area contributed by atoms with E-state index < -0.39 is 6.10 Å². The maximum Gasteiger partial charge on any atom is 0.251 e. The van der Waals surface area contributed by atoms with Gasteiger partial charge in [0, 0.05) is 50.2 Å². The highest BCUT2D eigenvalue weighted by Gasteiger charge is 2.34. The van der Waals surface area contributed by atoms with E-state index in [-0.39, 0.29) is 11.9 Å². The van der Waals surface area contributed by atoms with Crippen molar-refractivity contribution in [1.29, 1.82) is 0 Å². The Hall–Kier alpha value is -1.82. The van der Waals surface area contributed by atoms with Crippen LogP contribution in [0, 0.1) is 5.92 Å². The first-order chi connectivity index (χ1) is 11.0. The number of hydrogen-bond acceptors (Lipinski definition) is 5. The predicted octanol–water partition coefficient (Wildman–Crippen LogP) is 1.10. The lowest BCUT2D eigenvalue weighted by atomic mass is 9.91. The van der Waals surface area contributed by atoms with E-state index in [1.165, 1.54) is 11.3 Å². The lowest BCUT2D eigenvalue weighted by Gasteiger charge is -2.43. The second-order valence-corrected chi connectivity index (χ2v) is 6.74. The molecule has 2 N–H and O–H groups in total. The minimum Gasteiger partial charge on any atom is -0.384 e. The summed E-state index contributed by atoms with van der Waals surface area (Å²) in [5.74, 6) is 1.31. The van der Waals surface area contributed by atoms with Crippen molar-refractivity contribution in [2.24, 2.45) is 5.92 Å². The molecule has 23 heavy (non-hydrogen) atoms. The number of likely N-dealkylation sites (tertiary alicyclic amines) is 1. The number of carbonyl (C=O) groups is 1. The topological polar surface area (TPSA) is 68.7 Å². The highest BCUT2D eigenvalue weighted by atomic mass is 16.3. The van der Waals surface area contributed by atoms with Crippen LogP contribution >= 0.6 is 0 Å². The Bertz CT molecular complexity index is 590. The van der Waals surface area contributed by atoms with E-state index in [0.29, 0.717) is 12.5 Å². The largest absolute Gasteiger partial charge is 0.384 e. The van der Waals surface area contributed by atoms with Gasteiger partial charge >= 0.3 is 0 Å². The fourth-order valence-corrected chi connectivity index (χ4v) is 3.71. The monoisotopic (exact) mass is 318 g/mol. The molecule has 1 unspecified atom stereocenters. The van der Waals surface area contributed by atoms with Crippen LogP contribution in [0.2, 0.25) is 0 Å². The van der Waals surface area contributed by atoms with Gasteiger partial charge in [0.1, 0.15) is 11.9 Å². The molecule has 1 amide bonds. The number of aliphatic hydroxyl groups is 1. The summed E-state index contributed by atoms with van der Waals surface area (Å²) in [6, 6.07) is 2.31. The maximum atomic E-state index is 12.1. The SMILES string of the molecule is C[C@H](O)C(=O)N1CC[C@@H](C)C(N(C)c2ccnc3c2CCN3)C1. The van der Waals surface area contributed by atoms with Gasteiger partial charge in [0.2, 0.25) is 0 Å². The van der Waals surface area contributed by atoms with E-state index in [0.717, 1.165) is 31.7 Å². The van der Waals surface area contributed by atoms with Gasteiger partial charge in [0.05, 0.1) is 0 Å². The smallest absolute Gasteiger partial charge is 0.251 e. The summed E-state index contributed by atoms with van der Waals surface area (Å²) in [5.41, 5.74) is 2.46. The number of hydrogen-bond donors (Lipinski definition) is 2. The van der Waals surface area contributed by atoms with E-state index >= 15 is 0 Å². The van der Waals surface area contributed by atoms with Crippen LogP contribution in [0.15, 0.2) is 12.3 Å². The quantitative estimate of drug-likeness (QED) is 0.873.